The van der Waals surface area contributed by atoms with Crippen molar-refractivity contribution in [2.45, 2.75) is 27.7 Å². The molecule has 0 aliphatic heterocycles. The maximum Gasteiger partial charge on any atom is 0.256 e. The SMILES string of the molecule is Cc1cc(C)cc(NC(=O)c2cc(Cl)c(Cl)cc2C(=O)Nc2cc(C)cc(C)c2)c1. The van der Waals surface area contributed by atoms with Gasteiger partial charge in [-0.15, -0.1) is 0 Å². The minimum Gasteiger partial charge on any atom is -0.322 e. The molecule has 0 aromatic heterocycles. The number of hydrogen-bond donors (Lipinski definition) is 2. The zero-order chi connectivity index (χ0) is 22.0. The quantitative estimate of drug-likeness (QED) is 0.472. The molecular weight excluding hydrogens is 419 g/mol. The Morgan fingerprint density at radius 1 is 0.567 bits per heavy atom. The molecule has 2 amide bonds. The third kappa shape index (κ3) is 5.21. The molecule has 0 fully saturated rings. The Bertz CT molecular complexity index is 1030. The average Bonchev–Trinajstić information content (AvgIpc) is 2.61. The highest BCUT2D eigenvalue weighted by atomic mass is 35.5. The first-order valence-corrected chi connectivity index (χ1v) is 10.2. The van der Waals surface area contributed by atoms with E-state index in [1.165, 1.54) is 12.1 Å². The average molecular weight is 441 g/mol. The van der Waals surface area contributed by atoms with Crippen LogP contribution in [0.1, 0.15) is 43.0 Å². The summed E-state index contributed by atoms with van der Waals surface area (Å²) in [5.74, 6) is -0.881. The highest BCUT2D eigenvalue weighted by molar-refractivity contribution is 6.42. The molecule has 6 heteroatoms. The standard InChI is InChI=1S/C24H22Cl2N2O2/c1-13-5-14(2)8-17(7-13)27-23(29)19-11-21(25)22(26)12-20(19)24(30)28-18-9-15(3)6-16(4)10-18/h5-12H,1-4H3,(H,27,29)(H,28,30). The van der Waals surface area contributed by atoms with E-state index in [4.69, 9.17) is 23.2 Å². The second kappa shape index (κ2) is 8.90. The van der Waals surface area contributed by atoms with Gasteiger partial charge < -0.3 is 10.6 Å². The molecule has 0 heterocycles. The molecule has 0 saturated carbocycles. The van der Waals surface area contributed by atoms with Gasteiger partial charge in [0.1, 0.15) is 0 Å². The molecule has 3 aromatic rings. The molecule has 2 N–H and O–H groups in total. The monoisotopic (exact) mass is 440 g/mol. The van der Waals surface area contributed by atoms with Gasteiger partial charge in [0.25, 0.3) is 11.8 Å². The lowest BCUT2D eigenvalue weighted by atomic mass is 10.0. The molecule has 3 rings (SSSR count). The number of rotatable bonds is 4. The molecule has 3 aromatic carbocycles. The van der Waals surface area contributed by atoms with Crippen LogP contribution in [0.3, 0.4) is 0 Å². The van der Waals surface area contributed by atoms with Crippen molar-refractivity contribution in [3.8, 4) is 0 Å². The minimum absolute atomic E-state index is 0.144. The van der Waals surface area contributed by atoms with E-state index < -0.39 is 11.8 Å². The third-order valence-corrected chi connectivity index (χ3v) is 5.23. The topological polar surface area (TPSA) is 58.2 Å². The van der Waals surface area contributed by atoms with E-state index in [1.807, 2.05) is 64.1 Å². The van der Waals surface area contributed by atoms with Crippen molar-refractivity contribution in [1.29, 1.82) is 0 Å². The summed E-state index contributed by atoms with van der Waals surface area (Å²) in [6, 6.07) is 14.3. The Hall–Kier alpha value is -2.82. The van der Waals surface area contributed by atoms with Crippen LogP contribution < -0.4 is 10.6 Å². The Labute approximate surface area is 186 Å². The van der Waals surface area contributed by atoms with Gasteiger partial charge in [0, 0.05) is 11.4 Å². The van der Waals surface area contributed by atoms with Crippen molar-refractivity contribution in [3.05, 3.63) is 92.0 Å². The molecule has 0 spiro atoms. The molecular formula is C24H22Cl2N2O2. The first-order valence-electron chi connectivity index (χ1n) is 9.41. The molecule has 30 heavy (non-hydrogen) atoms. The van der Waals surface area contributed by atoms with Crippen LogP contribution in [0.2, 0.25) is 10.0 Å². The second-order valence-corrected chi connectivity index (χ2v) is 8.29. The van der Waals surface area contributed by atoms with Crippen molar-refractivity contribution >= 4 is 46.4 Å². The second-order valence-electron chi connectivity index (χ2n) is 7.47. The number of amides is 2. The highest BCUT2D eigenvalue weighted by Crippen LogP contribution is 2.28. The van der Waals surface area contributed by atoms with E-state index in [2.05, 4.69) is 10.6 Å². The van der Waals surface area contributed by atoms with Gasteiger partial charge in [-0.05, 0) is 86.3 Å². The van der Waals surface area contributed by atoms with E-state index >= 15 is 0 Å². The number of carbonyl (C=O) groups is 2. The van der Waals surface area contributed by atoms with Gasteiger partial charge >= 0.3 is 0 Å². The molecule has 0 unspecified atom stereocenters. The van der Waals surface area contributed by atoms with Gasteiger partial charge in [0.15, 0.2) is 0 Å². The lowest BCUT2D eigenvalue weighted by molar-refractivity contribution is 0.0990. The minimum atomic E-state index is -0.441. The van der Waals surface area contributed by atoms with E-state index in [0.29, 0.717) is 11.4 Å². The molecule has 4 nitrogen and oxygen atoms in total. The van der Waals surface area contributed by atoms with Gasteiger partial charge in [0.2, 0.25) is 0 Å². The van der Waals surface area contributed by atoms with Gasteiger partial charge in [0.05, 0.1) is 21.2 Å². The van der Waals surface area contributed by atoms with Crippen LogP contribution in [0.5, 0.6) is 0 Å². The fourth-order valence-electron chi connectivity index (χ4n) is 3.41. The van der Waals surface area contributed by atoms with Crippen LogP contribution in [0.15, 0.2) is 48.5 Å². The predicted molar refractivity (Wildman–Crippen MR) is 124 cm³/mol. The van der Waals surface area contributed by atoms with Crippen LogP contribution in [-0.4, -0.2) is 11.8 Å². The Balaban J connectivity index is 1.95. The molecule has 154 valence electrons. The Kier molecular flexibility index (Phi) is 6.49. The van der Waals surface area contributed by atoms with E-state index in [-0.39, 0.29) is 21.2 Å². The van der Waals surface area contributed by atoms with E-state index in [1.54, 1.807) is 0 Å². The zero-order valence-corrected chi connectivity index (χ0v) is 18.7. The zero-order valence-electron chi connectivity index (χ0n) is 17.2. The Morgan fingerprint density at radius 3 is 1.17 bits per heavy atom. The van der Waals surface area contributed by atoms with Crippen LogP contribution in [0, 0.1) is 27.7 Å². The van der Waals surface area contributed by atoms with Crippen LogP contribution in [0.4, 0.5) is 11.4 Å². The molecule has 0 atom stereocenters. The summed E-state index contributed by atoms with van der Waals surface area (Å²) in [5, 5.41) is 6.09. The highest BCUT2D eigenvalue weighted by Gasteiger charge is 2.20. The lowest BCUT2D eigenvalue weighted by Gasteiger charge is -2.14. The van der Waals surface area contributed by atoms with Gasteiger partial charge in [-0.25, -0.2) is 0 Å². The van der Waals surface area contributed by atoms with Crippen molar-refractivity contribution < 1.29 is 9.59 Å². The fourth-order valence-corrected chi connectivity index (χ4v) is 3.74. The first kappa shape index (κ1) is 21.9. The van der Waals surface area contributed by atoms with Gasteiger partial charge in [-0.3, -0.25) is 9.59 Å². The maximum absolute atomic E-state index is 13.0. The van der Waals surface area contributed by atoms with Crippen LogP contribution in [-0.2, 0) is 0 Å². The van der Waals surface area contributed by atoms with Gasteiger partial charge in [-0.1, -0.05) is 35.3 Å². The molecule has 0 aliphatic rings. The number of carbonyl (C=O) groups excluding carboxylic acids is 2. The summed E-state index contributed by atoms with van der Waals surface area (Å²) >= 11 is 12.3. The summed E-state index contributed by atoms with van der Waals surface area (Å²) < 4.78 is 0. The Morgan fingerprint density at radius 2 is 0.867 bits per heavy atom. The van der Waals surface area contributed by atoms with E-state index in [0.717, 1.165) is 22.3 Å². The van der Waals surface area contributed by atoms with Crippen LogP contribution in [0.25, 0.3) is 0 Å². The fraction of sp³-hybridized carbons (Fsp3) is 0.167. The third-order valence-electron chi connectivity index (χ3n) is 4.51. The normalized spacial score (nSPS) is 10.6. The van der Waals surface area contributed by atoms with E-state index in [9.17, 15) is 9.59 Å². The number of halogens is 2. The van der Waals surface area contributed by atoms with Crippen molar-refractivity contribution in [2.24, 2.45) is 0 Å². The van der Waals surface area contributed by atoms with Crippen molar-refractivity contribution in [1.82, 2.24) is 0 Å². The number of hydrogen-bond acceptors (Lipinski definition) is 2. The van der Waals surface area contributed by atoms with Crippen molar-refractivity contribution in [2.75, 3.05) is 10.6 Å². The number of aryl methyl sites for hydroxylation is 4. The maximum atomic E-state index is 13.0. The summed E-state index contributed by atoms with van der Waals surface area (Å²) in [4.78, 5) is 26.0. The number of benzene rings is 3. The molecule has 0 radical (unpaired) electrons. The molecule has 0 saturated heterocycles. The largest absolute Gasteiger partial charge is 0.322 e. The predicted octanol–water partition coefficient (Wildman–Crippen LogP) is 6.73. The molecule has 0 aliphatic carbocycles. The summed E-state index contributed by atoms with van der Waals surface area (Å²) in [6.07, 6.45) is 0. The number of nitrogens with one attached hydrogen (secondary N) is 2. The number of anilines is 2. The smallest absolute Gasteiger partial charge is 0.256 e. The first-order chi connectivity index (χ1) is 14.1. The van der Waals surface area contributed by atoms with Gasteiger partial charge in [-0.2, -0.15) is 0 Å². The summed E-state index contributed by atoms with van der Waals surface area (Å²) in [6.45, 7) is 7.80. The lowest BCUT2D eigenvalue weighted by Crippen LogP contribution is -2.20. The van der Waals surface area contributed by atoms with Crippen molar-refractivity contribution in [3.63, 3.8) is 0 Å². The summed E-state index contributed by atoms with van der Waals surface area (Å²) in [7, 11) is 0. The summed E-state index contributed by atoms with van der Waals surface area (Å²) in [5.41, 5.74) is 5.66. The molecule has 0 bridgehead atoms. The van der Waals surface area contributed by atoms with Crippen LogP contribution >= 0.6 is 23.2 Å².